The van der Waals surface area contributed by atoms with Crippen LogP contribution in [0.5, 0.6) is 0 Å². The zero-order valence-corrected chi connectivity index (χ0v) is 13.1. The molecule has 2 aromatic rings. The predicted octanol–water partition coefficient (Wildman–Crippen LogP) is 0.203. The summed E-state index contributed by atoms with van der Waals surface area (Å²) >= 11 is 0. The highest BCUT2D eigenvalue weighted by atomic mass is 19.1. The van der Waals surface area contributed by atoms with Gasteiger partial charge in [-0.1, -0.05) is 24.3 Å². The molecule has 24 heavy (non-hydrogen) atoms. The molecule has 0 radical (unpaired) electrons. The van der Waals surface area contributed by atoms with E-state index in [0.717, 1.165) is 46.3 Å². The number of nitrogens with zero attached hydrogens (tertiary/aromatic N) is 1. The molecule has 0 fully saturated rings. The third-order valence-electron chi connectivity index (χ3n) is 4.05. The number of hydrogen-bond donors (Lipinski definition) is 4. The maximum atomic E-state index is 13.2. The molecule has 2 heterocycles. The van der Waals surface area contributed by atoms with E-state index in [1.165, 1.54) is 6.07 Å². The molecule has 4 rings (SSSR count). The number of halogens is 1. The number of rotatable bonds is 5. The first-order valence-corrected chi connectivity index (χ1v) is 7.94. The summed E-state index contributed by atoms with van der Waals surface area (Å²) in [5.74, 6) is 1.58. The second-order valence-corrected chi connectivity index (χ2v) is 5.77. The van der Waals surface area contributed by atoms with Crippen molar-refractivity contribution >= 4 is 23.5 Å². The van der Waals surface area contributed by atoms with E-state index in [2.05, 4.69) is 26.5 Å². The Morgan fingerprint density at radius 3 is 2.96 bits per heavy atom. The van der Waals surface area contributed by atoms with E-state index in [1.54, 1.807) is 12.1 Å². The topological polar surface area (TPSA) is 60.5 Å². The molecule has 122 valence electrons. The summed E-state index contributed by atoms with van der Waals surface area (Å²) in [7, 11) is 0. The van der Waals surface area contributed by atoms with Crippen molar-refractivity contribution in [1.82, 2.24) is 21.5 Å². The minimum atomic E-state index is -0.192. The van der Waals surface area contributed by atoms with Gasteiger partial charge >= 0.3 is 0 Å². The molecule has 0 amide bonds. The summed E-state index contributed by atoms with van der Waals surface area (Å²) in [6.45, 7) is 1.37. The van der Waals surface area contributed by atoms with Gasteiger partial charge in [0, 0.05) is 11.4 Å². The summed E-state index contributed by atoms with van der Waals surface area (Å²) in [5, 5.41) is 8.85. The molecule has 0 saturated heterocycles. The molecule has 0 bridgehead atoms. The average molecular weight is 323 g/mol. The summed E-state index contributed by atoms with van der Waals surface area (Å²) in [5.41, 5.74) is 8.09. The molecule has 0 aromatic heterocycles. The van der Waals surface area contributed by atoms with Crippen molar-refractivity contribution in [1.29, 1.82) is 0 Å². The molecular weight excluding hydrogens is 305 g/mol. The van der Waals surface area contributed by atoms with E-state index in [0.29, 0.717) is 6.54 Å². The molecular formula is C18H18FN5. The van der Waals surface area contributed by atoms with Gasteiger partial charge in [-0.25, -0.2) is 9.38 Å². The van der Waals surface area contributed by atoms with Gasteiger partial charge in [0.05, 0.1) is 17.5 Å². The lowest BCUT2D eigenvalue weighted by Gasteiger charge is -2.22. The average Bonchev–Trinajstić information content (AvgIpc) is 2.59. The van der Waals surface area contributed by atoms with Gasteiger partial charge in [-0.15, -0.1) is 0 Å². The van der Waals surface area contributed by atoms with Crippen molar-refractivity contribution in [3.05, 3.63) is 64.3 Å². The summed E-state index contributed by atoms with van der Waals surface area (Å²) in [6, 6.07) is 12.8. The first-order valence-electron chi connectivity index (χ1n) is 7.94. The molecule has 2 aliphatic rings. The van der Waals surface area contributed by atoms with Crippen LogP contribution in [0, 0.1) is 5.82 Å². The van der Waals surface area contributed by atoms with Crippen molar-refractivity contribution in [2.75, 3.05) is 13.1 Å². The number of aliphatic imine (C=N–C) groups is 1. The first kappa shape index (κ1) is 14.7. The van der Waals surface area contributed by atoms with E-state index in [9.17, 15) is 4.39 Å². The van der Waals surface area contributed by atoms with Gasteiger partial charge in [0.2, 0.25) is 0 Å². The SMILES string of the molecule is Fc1cccc(CCNCC2=Nc3cccc4c3=C(NNC=4)N2)c1. The van der Waals surface area contributed by atoms with Crippen LogP contribution in [-0.4, -0.2) is 18.9 Å². The fraction of sp³-hybridized carbons (Fsp3) is 0.167. The maximum Gasteiger partial charge on any atom is 0.133 e. The highest BCUT2D eigenvalue weighted by Crippen LogP contribution is 2.08. The molecule has 2 aliphatic heterocycles. The zero-order valence-electron chi connectivity index (χ0n) is 13.1. The van der Waals surface area contributed by atoms with E-state index < -0.39 is 0 Å². The monoisotopic (exact) mass is 323 g/mol. The van der Waals surface area contributed by atoms with Crippen molar-refractivity contribution in [2.45, 2.75) is 6.42 Å². The van der Waals surface area contributed by atoms with Gasteiger partial charge in [0.1, 0.15) is 17.5 Å². The Labute approximate surface area is 139 Å². The van der Waals surface area contributed by atoms with Crippen molar-refractivity contribution in [2.24, 2.45) is 4.99 Å². The highest BCUT2D eigenvalue weighted by molar-refractivity contribution is 5.93. The number of benzene rings is 2. The fourth-order valence-corrected chi connectivity index (χ4v) is 2.92. The largest absolute Gasteiger partial charge is 0.327 e. The number of hydrazine groups is 1. The lowest BCUT2D eigenvalue weighted by atomic mass is 10.1. The van der Waals surface area contributed by atoms with Gasteiger partial charge in [0.15, 0.2) is 0 Å². The van der Waals surface area contributed by atoms with Crippen LogP contribution < -0.4 is 31.9 Å². The van der Waals surface area contributed by atoms with Crippen molar-refractivity contribution in [3.63, 3.8) is 0 Å². The Kier molecular flexibility index (Phi) is 3.88. The quantitative estimate of drug-likeness (QED) is 0.594. The van der Waals surface area contributed by atoms with Crippen LogP contribution in [0.25, 0.3) is 12.0 Å². The van der Waals surface area contributed by atoms with Gasteiger partial charge < -0.3 is 16.1 Å². The van der Waals surface area contributed by atoms with E-state index in [-0.39, 0.29) is 5.82 Å². The number of hydrogen-bond acceptors (Lipinski definition) is 5. The lowest BCUT2D eigenvalue weighted by Crippen LogP contribution is -2.52. The second kappa shape index (κ2) is 6.33. The number of amidine groups is 1. The Balaban J connectivity index is 1.40. The van der Waals surface area contributed by atoms with Gasteiger partial charge in [0.25, 0.3) is 0 Å². The minimum absolute atomic E-state index is 0.192. The fourth-order valence-electron chi connectivity index (χ4n) is 2.92. The van der Waals surface area contributed by atoms with E-state index in [1.807, 2.05) is 30.5 Å². The Morgan fingerprint density at radius 2 is 2.04 bits per heavy atom. The summed E-state index contributed by atoms with van der Waals surface area (Å²) in [4.78, 5) is 4.67. The third-order valence-corrected chi connectivity index (χ3v) is 4.05. The van der Waals surface area contributed by atoms with Crippen molar-refractivity contribution in [3.8, 4) is 0 Å². The van der Waals surface area contributed by atoms with Crippen LogP contribution in [0.4, 0.5) is 10.1 Å². The Bertz CT molecular complexity index is 919. The Hall–Kier alpha value is -2.86. The number of nitrogens with one attached hydrogen (secondary N) is 4. The maximum absolute atomic E-state index is 13.2. The van der Waals surface area contributed by atoms with Crippen LogP contribution in [0.2, 0.25) is 0 Å². The molecule has 5 nitrogen and oxygen atoms in total. The standard InChI is InChI=1S/C18H18FN5/c19-14-5-1-3-12(9-14)7-8-20-11-16-22-15-6-2-4-13-10-21-24-18(23-16)17(13)15/h1-6,9-10,20-21,24H,7-8,11H2,(H,22,23). The molecule has 2 aromatic carbocycles. The van der Waals surface area contributed by atoms with Crippen LogP contribution in [0.15, 0.2) is 47.5 Å². The smallest absolute Gasteiger partial charge is 0.133 e. The predicted molar refractivity (Wildman–Crippen MR) is 93.0 cm³/mol. The van der Waals surface area contributed by atoms with E-state index >= 15 is 0 Å². The Morgan fingerprint density at radius 1 is 1.12 bits per heavy atom. The zero-order chi connectivity index (χ0) is 16.4. The molecule has 4 N–H and O–H groups in total. The van der Waals surface area contributed by atoms with Crippen LogP contribution in [-0.2, 0) is 6.42 Å². The normalized spacial score (nSPS) is 14.5. The molecule has 0 spiro atoms. The van der Waals surface area contributed by atoms with Crippen LogP contribution in [0.1, 0.15) is 5.56 Å². The highest BCUT2D eigenvalue weighted by Gasteiger charge is 2.14. The van der Waals surface area contributed by atoms with Gasteiger partial charge in [-0.3, -0.25) is 5.43 Å². The third kappa shape index (κ3) is 2.96. The minimum Gasteiger partial charge on any atom is -0.327 e. The van der Waals surface area contributed by atoms with Gasteiger partial charge in [-0.2, -0.15) is 0 Å². The molecule has 0 unspecified atom stereocenters. The van der Waals surface area contributed by atoms with Crippen LogP contribution >= 0.6 is 0 Å². The molecule has 0 aliphatic carbocycles. The van der Waals surface area contributed by atoms with Gasteiger partial charge in [-0.05, 0) is 36.7 Å². The second-order valence-electron chi connectivity index (χ2n) is 5.77. The first-order chi connectivity index (χ1) is 11.8. The van der Waals surface area contributed by atoms with Crippen molar-refractivity contribution < 1.29 is 4.39 Å². The van der Waals surface area contributed by atoms with Crippen LogP contribution in [0.3, 0.4) is 0 Å². The van der Waals surface area contributed by atoms with E-state index in [4.69, 9.17) is 0 Å². The molecule has 6 heteroatoms. The molecule has 0 atom stereocenters. The summed E-state index contributed by atoms with van der Waals surface area (Å²) in [6.07, 6.45) is 2.69. The molecule has 0 saturated carbocycles. The lowest BCUT2D eigenvalue weighted by molar-refractivity contribution is 0.624. The summed E-state index contributed by atoms with van der Waals surface area (Å²) < 4.78 is 13.2.